The molecule has 2 atom stereocenters. The number of rotatable bonds is 4. The molecule has 1 saturated carbocycles. The Morgan fingerprint density at radius 3 is 3.00 bits per heavy atom. The van der Waals surface area contributed by atoms with Gasteiger partial charge >= 0.3 is 0 Å². The van der Waals surface area contributed by atoms with Gasteiger partial charge in [0.1, 0.15) is 0 Å². The van der Waals surface area contributed by atoms with Gasteiger partial charge < -0.3 is 9.88 Å². The van der Waals surface area contributed by atoms with Crippen LogP contribution in [0.2, 0.25) is 0 Å². The lowest BCUT2D eigenvalue weighted by Gasteiger charge is -2.22. The molecule has 0 spiro atoms. The molecule has 4 nitrogen and oxygen atoms in total. The van der Waals surface area contributed by atoms with Crippen molar-refractivity contribution in [2.75, 3.05) is 0 Å². The first-order valence-corrected chi connectivity index (χ1v) is 8.33. The molecule has 2 aromatic heterocycles. The Hall–Kier alpha value is -0.720. The molecule has 2 unspecified atom stereocenters. The Morgan fingerprint density at radius 1 is 1.35 bits per heavy atom. The number of nitrogens with one attached hydrogen (secondary N) is 1. The molecular weight excluding hydrogens is 384 g/mol. The van der Waals surface area contributed by atoms with Crippen LogP contribution >= 0.6 is 31.9 Å². The van der Waals surface area contributed by atoms with Crippen LogP contribution in [0.25, 0.3) is 0 Å². The summed E-state index contributed by atoms with van der Waals surface area (Å²) in [6.45, 7) is 0.781. The molecule has 1 aliphatic carbocycles. The number of hydrogen-bond donors (Lipinski definition) is 1. The normalized spacial score (nSPS) is 22.3. The van der Waals surface area contributed by atoms with Crippen LogP contribution in [0.5, 0.6) is 0 Å². The zero-order chi connectivity index (χ0) is 13.9. The van der Waals surface area contributed by atoms with Crippen LogP contribution in [0, 0.1) is 0 Å². The standard InChI is InChI=1S/C14H16Br2N4/c15-10-6-11(16)13(18-7-10)8-19-12-2-1-3-14(12)20-5-4-17-9-20/h4-7,9,12,14,19H,1-3,8H2. The number of aromatic nitrogens is 3. The molecule has 3 rings (SSSR count). The SMILES string of the molecule is Brc1cnc(CNC2CCCC2n2ccnc2)c(Br)c1. The molecule has 20 heavy (non-hydrogen) atoms. The minimum absolute atomic E-state index is 0.488. The summed E-state index contributed by atoms with van der Waals surface area (Å²) in [6, 6.07) is 3.03. The summed E-state index contributed by atoms with van der Waals surface area (Å²) in [5.41, 5.74) is 1.05. The van der Waals surface area contributed by atoms with Gasteiger partial charge in [0.05, 0.1) is 12.0 Å². The topological polar surface area (TPSA) is 42.7 Å². The molecule has 0 bridgehead atoms. The third kappa shape index (κ3) is 3.13. The first-order chi connectivity index (χ1) is 9.74. The van der Waals surface area contributed by atoms with Gasteiger partial charge in [0, 0.05) is 46.2 Å². The van der Waals surface area contributed by atoms with E-state index in [0.29, 0.717) is 12.1 Å². The second kappa shape index (κ2) is 6.37. The van der Waals surface area contributed by atoms with E-state index in [9.17, 15) is 0 Å². The van der Waals surface area contributed by atoms with Crippen molar-refractivity contribution in [1.29, 1.82) is 0 Å². The van der Waals surface area contributed by atoms with Crippen molar-refractivity contribution >= 4 is 31.9 Å². The minimum atomic E-state index is 0.488. The van der Waals surface area contributed by atoms with Gasteiger partial charge in [-0.25, -0.2) is 4.98 Å². The van der Waals surface area contributed by atoms with E-state index in [1.807, 2.05) is 24.8 Å². The van der Waals surface area contributed by atoms with E-state index in [4.69, 9.17) is 0 Å². The predicted octanol–water partition coefficient (Wildman–Crippen LogP) is 3.69. The smallest absolute Gasteiger partial charge is 0.0949 e. The van der Waals surface area contributed by atoms with E-state index in [1.165, 1.54) is 19.3 Å². The highest BCUT2D eigenvalue weighted by Crippen LogP contribution is 2.30. The van der Waals surface area contributed by atoms with E-state index in [-0.39, 0.29) is 0 Å². The third-order valence-electron chi connectivity index (χ3n) is 3.80. The lowest BCUT2D eigenvalue weighted by molar-refractivity contribution is 0.389. The fourth-order valence-corrected chi connectivity index (χ4v) is 3.93. The fourth-order valence-electron chi connectivity index (χ4n) is 2.80. The van der Waals surface area contributed by atoms with Gasteiger partial charge in [0.25, 0.3) is 0 Å². The largest absolute Gasteiger partial charge is 0.333 e. The maximum absolute atomic E-state index is 4.45. The first-order valence-electron chi connectivity index (χ1n) is 6.75. The molecule has 6 heteroatoms. The summed E-state index contributed by atoms with van der Waals surface area (Å²) in [6.07, 6.45) is 11.3. The Kier molecular flexibility index (Phi) is 4.53. The number of imidazole rings is 1. The average Bonchev–Trinajstić information content (AvgIpc) is 3.08. The first kappa shape index (κ1) is 14.2. The fraction of sp³-hybridized carbons (Fsp3) is 0.429. The molecule has 1 N–H and O–H groups in total. The maximum atomic E-state index is 4.45. The highest BCUT2D eigenvalue weighted by molar-refractivity contribution is 9.11. The maximum Gasteiger partial charge on any atom is 0.0949 e. The van der Waals surface area contributed by atoms with Crippen LogP contribution in [0.15, 0.2) is 39.9 Å². The molecule has 0 aliphatic heterocycles. The molecule has 0 amide bonds. The van der Waals surface area contributed by atoms with Gasteiger partial charge in [-0.1, -0.05) is 0 Å². The molecule has 0 aromatic carbocycles. The lowest BCUT2D eigenvalue weighted by Crippen LogP contribution is -2.33. The Morgan fingerprint density at radius 2 is 2.25 bits per heavy atom. The third-order valence-corrected chi connectivity index (χ3v) is 4.92. The average molecular weight is 400 g/mol. The lowest BCUT2D eigenvalue weighted by atomic mass is 10.1. The zero-order valence-corrected chi connectivity index (χ0v) is 14.1. The van der Waals surface area contributed by atoms with Crippen LogP contribution in [-0.4, -0.2) is 20.6 Å². The van der Waals surface area contributed by atoms with Crippen molar-refractivity contribution in [3.8, 4) is 0 Å². The van der Waals surface area contributed by atoms with Crippen LogP contribution in [0.4, 0.5) is 0 Å². The summed E-state index contributed by atoms with van der Waals surface area (Å²) in [7, 11) is 0. The van der Waals surface area contributed by atoms with Crippen molar-refractivity contribution in [2.45, 2.75) is 37.9 Å². The summed E-state index contributed by atoms with van der Waals surface area (Å²) in [5, 5.41) is 3.64. The monoisotopic (exact) mass is 398 g/mol. The second-order valence-corrected chi connectivity index (χ2v) is 6.85. The highest BCUT2D eigenvalue weighted by atomic mass is 79.9. The Labute approximate surface area is 135 Å². The number of pyridine rings is 1. The molecule has 1 aliphatic rings. The predicted molar refractivity (Wildman–Crippen MR) is 85.4 cm³/mol. The van der Waals surface area contributed by atoms with Crippen molar-refractivity contribution in [2.24, 2.45) is 0 Å². The number of hydrogen-bond acceptors (Lipinski definition) is 3. The number of halogens is 2. The van der Waals surface area contributed by atoms with Gasteiger partial charge in [-0.05, 0) is 57.2 Å². The Balaban J connectivity index is 1.65. The second-order valence-electron chi connectivity index (χ2n) is 5.08. The molecular formula is C14H16Br2N4. The molecule has 1 fully saturated rings. The van der Waals surface area contributed by atoms with E-state index < -0.39 is 0 Å². The van der Waals surface area contributed by atoms with E-state index in [1.54, 1.807) is 0 Å². The van der Waals surface area contributed by atoms with E-state index in [2.05, 4.69) is 57.9 Å². The summed E-state index contributed by atoms with van der Waals surface area (Å²) in [5.74, 6) is 0. The Bertz CT molecular complexity index is 571. The van der Waals surface area contributed by atoms with Crippen molar-refractivity contribution in [1.82, 2.24) is 19.9 Å². The van der Waals surface area contributed by atoms with Gasteiger partial charge in [-0.2, -0.15) is 0 Å². The van der Waals surface area contributed by atoms with Gasteiger partial charge in [-0.15, -0.1) is 0 Å². The van der Waals surface area contributed by atoms with Crippen molar-refractivity contribution in [3.05, 3.63) is 45.6 Å². The van der Waals surface area contributed by atoms with Crippen LogP contribution in [0.3, 0.4) is 0 Å². The van der Waals surface area contributed by atoms with E-state index >= 15 is 0 Å². The summed E-state index contributed by atoms with van der Waals surface area (Å²) in [4.78, 5) is 8.60. The molecule has 106 valence electrons. The number of nitrogens with zero attached hydrogens (tertiary/aromatic N) is 3. The zero-order valence-electron chi connectivity index (χ0n) is 11.0. The van der Waals surface area contributed by atoms with Gasteiger partial charge in [0.2, 0.25) is 0 Å². The van der Waals surface area contributed by atoms with Crippen LogP contribution < -0.4 is 5.32 Å². The summed E-state index contributed by atoms with van der Waals surface area (Å²) < 4.78 is 4.25. The van der Waals surface area contributed by atoms with Crippen molar-refractivity contribution in [3.63, 3.8) is 0 Å². The van der Waals surface area contributed by atoms with Crippen molar-refractivity contribution < 1.29 is 0 Å². The molecule has 2 heterocycles. The summed E-state index contributed by atoms with van der Waals surface area (Å²) >= 11 is 6.99. The molecule has 0 saturated heterocycles. The molecule has 0 radical (unpaired) electrons. The quantitative estimate of drug-likeness (QED) is 0.852. The van der Waals surface area contributed by atoms with E-state index in [0.717, 1.165) is 21.2 Å². The highest BCUT2D eigenvalue weighted by Gasteiger charge is 2.28. The van der Waals surface area contributed by atoms with Gasteiger partial charge in [-0.3, -0.25) is 4.98 Å². The van der Waals surface area contributed by atoms with Gasteiger partial charge in [0.15, 0.2) is 0 Å². The van der Waals surface area contributed by atoms with Crippen LogP contribution in [-0.2, 0) is 6.54 Å². The molecule has 2 aromatic rings. The minimum Gasteiger partial charge on any atom is -0.333 e. The van der Waals surface area contributed by atoms with Crippen LogP contribution in [0.1, 0.15) is 31.0 Å².